The summed E-state index contributed by atoms with van der Waals surface area (Å²) in [7, 11) is 0. The lowest BCUT2D eigenvalue weighted by Crippen LogP contribution is -2.55. The summed E-state index contributed by atoms with van der Waals surface area (Å²) in [4.78, 5) is 1.47. The van der Waals surface area contributed by atoms with Crippen LogP contribution in [0.2, 0.25) is 0 Å². The minimum Gasteiger partial charge on any atom is -0.314 e. The fourth-order valence-corrected chi connectivity index (χ4v) is 4.62. The van der Waals surface area contributed by atoms with Crippen molar-refractivity contribution in [3.63, 3.8) is 0 Å². The van der Waals surface area contributed by atoms with E-state index in [2.05, 4.69) is 55.0 Å². The Bertz CT molecular complexity index is 383. The van der Waals surface area contributed by atoms with E-state index in [1.165, 1.54) is 15.1 Å². The second kappa shape index (κ2) is 4.43. The Labute approximate surface area is 111 Å². The zero-order valence-electron chi connectivity index (χ0n) is 10.4. The molecule has 0 aromatic carbocycles. The molecule has 0 saturated heterocycles. The van der Waals surface area contributed by atoms with Gasteiger partial charge in [-0.05, 0) is 58.8 Å². The number of thiophene rings is 1. The molecule has 0 aliphatic heterocycles. The van der Waals surface area contributed by atoms with Gasteiger partial charge in [0.2, 0.25) is 0 Å². The van der Waals surface area contributed by atoms with Gasteiger partial charge in [-0.3, -0.25) is 0 Å². The van der Waals surface area contributed by atoms with Crippen molar-refractivity contribution in [3.8, 4) is 0 Å². The highest BCUT2D eigenvalue weighted by molar-refractivity contribution is 9.11. The van der Waals surface area contributed by atoms with Gasteiger partial charge in [-0.25, -0.2) is 0 Å². The number of aryl methyl sites for hydroxylation is 1. The lowest BCUT2D eigenvalue weighted by molar-refractivity contribution is 0.0705. The minimum absolute atomic E-state index is 0.390. The monoisotopic (exact) mass is 301 g/mol. The largest absolute Gasteiger partial charge is 0.314 e. The molecular weight excluding hydrogens is 282 g/mol. The summed E-state index contributed by atoms with van der Waals surface area (Å²) < 4.78 is 1.27. The average Bonchev–Trinajstić information content (AvgIpc) is 2.51. The van der Waals surface area contributed by atoms with E-state index in [1.54, 1.807) is 5.56 Å². The molecule has 3 heteroatoms. The van der Waals surface area contributed by atoms with E-state index < -0.39 is 0 Å². The van der Waals surface area contributed by atoms with Crippen LogP contribution < -0.4 is 5.32 Å². The van der Waals surface area contributed by atoms with Gasteiger partial charge in [0.05, 0.1) is 3.79 Å². The summed E-state index contributed by atoms with van der Waals surface area (Å²) in [6.45, 7) is 10.3. The van der Waals surface area contributed by atoms with Crippen LogP contribution in [0, 0.1) is 12.3 Å². The van der Waals surface area contributed by atoms with Crippen LogP contribution in [-0.4, -0.2) is 12.6 Å². The van der Waals surface area contributed by atoms with E-state index in [4.69, 9.17) is 0 Å². The smallest absolute Gasteiger partial charge is 0.0704 e. The molecule has 1 fully saturated rings. The molecule has 1 aromatic rings. The summed E-state index contributed by atoms with van der Waals surface area (Å²) in [5, 5.41) is 3.59. The highest BCUT2D eigenvalue weighted by Crippen LogP contribution is 2.54. The van der Waals surface area contributed by atoms with Crippen molar-refractivity contribution in [1.29, 1.82) is 0 Å². The highest BCUT2D eigenvalue weighted by atomic mass is 79.9. The average molecular weight is 302 g/mol. The van der Waals surface area contributed by atoms with Crippen LogP contribution in [0.3, 0.4) is 0 Å². The molecule has 0 amide bonds. The predicted octanol–water partition coefficient (Wildman–Crippen LogP) is 4.31. The third kappa shape index (κ3) is 1.98. The second-order valence-electron chi connectivity index (χ2n) is 5.28. The maximum Gasteiger partial charge on any atom is 0.0704 e. The zero-order chi connectivity index (χ0) is 11.9. The molecule has 2 atom stereocenters. The summed E-state index contributed by atoms with van der Waals surface area (Å²) in [6, 6.07) is 3.00. The van der Waals surface area contributed by atoms with E-state index in [1.807, 2.05) is 11.3 Å². The molecule has 2 unspecified atom stereocenters. The van der Waals surface area contributed by atoms with Crippen LogP contribution in [0.5, 0.6) is 0 Å². The van der Waals surface area contributed by atoms with Gasteiger partial charge < -0.3 is 5.32 Å². The van der Waals surface area contributed by atoms with Crippen molar-refractivity contribution in [2.75, 3.05) is 6.54 Å². The van der Waals surface area contributed by atoms with Gasteiger partial charge in [0, 0.05) is 10.9 Å². The quantitative estimate of drug-likeness (QED) is 0.877. The normalized spacial score (nSPS) is 27.8. The summed E-state index contributed by atoms with van der Waals surface area (Å²) in [5.41, 5.74) is 1.94. The van der Waals surface area contributed by atoms with Crippen molar-refractivity contribution < 1.29 is 0 Å². The first-order chi connectivity index (χ1) is 7.46. The Morgan fingerprint density at radius 1 is 1.56 bits per heavy atom. The molecule has 0 radical (unpaired) electrons. The first-order valence-electron chi connectivity index (χ1n) is 5.96. The Morgan fingerprint density at radius 2 is 2.25 bits per heavy atom. The third-order valence-electron chi connectivity index (χ3n) is 4.02. The van der Waals surface area contributed by atoms with Crippen molar-refractivity contribution >= 4 is 27.3 Å². The number of nitrogens with one attached hydrogen (secondary N) is 1. The maximum absolute atomic E-state index is 3.59. The van der Waals surface area contributed by atoms with Crippen molar-refractivity contribution in [2.24, 2.45) is 5.41 Å². The Balaban J connectivity index is 2.17. The SMILES string of the molecule is CCNC1CC(c2cc(Br)sc2C)C1(C)C. The summed E-state index contributed by atoms with van der Waals surface area (Å²) in [5.74, 6) is 0.721. The molecule has 1 nitrogen and oxygen atoms in total. The summed E-state index contributed by atoms with van der Waals surface area (Å²) >= 11 is 5.45. The van der Waals surface area contributed by atoms with Gasteiger partial charge in [0.15, 0.2) is 0 Å². The van der Waals surface area contributed by atoms with Gasteiger partial charge in [-0.1, -0.05) is 20.8 Å². The number of hydrogen-bond donors (Lipinski definition) is 1. The number of rotatable bonds is 3. The van der Waals surface area contributed by atoms with Gasteiger partial charge in [0.1, 0.15) is 0 Å². The predicted molar refractivity (Wildman–Crippen MR) is 75.4 cm³/mol. The van der Waals surface area contributed by atoms with Gasteiger partial charge in [0.25, 0.3) is 0 Å². The third-order valence-corrected chi connectivity index (χ3v) is 5.59. The van der Waals surface area contributed by atoms with Crippen LogP contribution in [0.15, 0.2) is 9.85 Å². The van der Waals surface area contributed by atoms with Crippen molar-refractivity contribution in [3.05, 3.63) is 20.3 Å². The van der Waals surface area contributed by atoms with Crippen molar-refractivity contribution in [2.45, 2.75) is 46.1 Å². The Hall–Kier alpha value is 0.140. The van der Waals surface area contributed by atoms with Crippen LogP contribution >= 0.6 is 27.3 Å². The van der Waals surface area contributed by atoms with E-state index in [9.17, 15) is 0 Å². The van der Waals surface area contributed by atoms with Crippen LogP contribution in [-0.2, 0) is 0 Å². The molecule has 0 spiro atoms. The molecule has 2 rings (SSSR count). The second-order valence-corrected chi connectivity index (χ2v) is 7.92. The lowest BCUT2D eigenvalue weighted by atomic mass is 9.56. The fourth-order valence-electron chi connectivity index (χ4n) is 2.85. The summed E-state index contributed by atoms with van der Waals surface area (Å²) in [6.07, 6.45) is 1.28. The molecule has 16 heavy (non-hydrogen) atoms. The maximum atomic E-state index is 3.59. The van der Waals surface area contributed by atoms with E-state index in [-0.39, 0.29) is 0 Å². The number of halogens is 1. The van der Waals surface area contributed by atoms with E-state index >= 15 is 0 Å². The molecule has 1 aliphatic carbocycles. The molecule has 0 bridgehead atoms. The van der Waals surface area contributed by atoms with Gasteiger partial charge in [-0.2, -0.15) is 0 Å². The minimum atomic E-state index is 0.390. The van der Waals surface area contributed by atoms with Crippen molar-refractivity contribution in [1.82, 2.24) is 5.32 Å². The van der Waals surface area contributed by atoms with Crippen LogP contribution in [0.25, 0.3) is 0 Å². The molecule has 1 saturated carbocycles. The topological polar surface area (TPSA) is 12.0 Å². The number of hydrogen-bond acceptors (Lipinski definition) is 2. The van der Waals surface area contributed by atoms with Gasteiger partial charge >= 0.3 is 0 Å². The van der Waals surface area contributed by atoms with Gasteiger partial charge in [-0.15, -0.1) is 11.3 Å². The zero-order valence-corrected chi connectivity index (χ0v) is 12.8. The standard InChI is InChI=1S/C13H20BrNS/c1-5-15-11-7-10(13(11,3)4)9-6-12(14)16-8(9)2/h6,10-11,15H,5,7H2,1-4H3. The molecule has 1 N–H and O–H groups in total. The lowest BCUT2D eigenvalue weighted by Gasteiger charge is -2.53. The van der Waals surface area contributed by atoms with E-state index in [0.29, 0.717) is 11.5 Å². The molecule has 90 valence electrons. The highest BCUT2D eigenvalue weighted by Gasteiger charge is 2.48. The first-order valence-corrected chi connectivity index (χ1v) is 7.57. The van der Waals surface area contributed by atoms with E-state index in [0.717, 1.165) is 12.5 Å². The van der Waals surface area contributed by atoms with Crippen LogP contribution in [0.1, 0.15) is 43.6 Å². The first kappa shape index (κ1) is 12.6. The molecule has 1 aromatic heterocycles. The Morgan fingerprint density at radius 3 is 2.69 bits per heavy atom. The Kier molecular flexibility index (Phi) is 3.49. The molecule has 1 heterocycles. The fraction of sp³-hybridized carbons (Fsp3) is 0.692. The van der Waals surface area contributed by atoms with Crippen LogP contribution in [0.4, 0.5) is 0 Å². The molecule has 1 aliphatic rings. The molecular formula is C13H20BrNS.